The van der Waals surface area contributed by atoms with Crippen molar-refractivity contribution in [2.75, 3.05) is 13.1 Å². The Labute approximate surface area is 198 Å². The first kappa shape index (κ1) is 22.6. The van der Waals surface area contributed by atoms with Gasteiger partial charge in [-0.15, -0.1) is 0 Å². The molecule has 7 nitrogen and oxygen atoms in total. The number of aromatic nitrogens is 1. The van der Waals surface area contributed by atoms with E-state index in [0.717, 1.165) is 35.2 Å². The molecule has 0 atom stereocenters. The average Bonchev–Trinajstić information content (AvgIpc) is 3.23. The van der Waals surface area contributed by atoms with Crippen LogP contribution in [0, 0.1) is 6.92 Å². The summed E-state index contributed by atoms with van der Waals surface area (Å²) < 4.78 is 0. The fourth-order valence-electron chi connectivity index (χ4n) is 3.84. The van der Waals surface area contributed by atoms with Crippen molar-refractivity contribution in [3.05, 3.63) is 61.2 Å². The highest BCUT2D eigenvalue weighted by atomic mass is 35.5. The molecule has 10 heteroatoms. The Balaban J connectivity index is 1.40. The fourth-order valence-corrected chi connectivity index (χ4v) is 5.06. The largest absolute Gasteiger partial charge is 0.354 e. The zero-order chi connectivity index (χ0) is 23.0. The molecule has 32 heavy (non-hydrogen) atoms. The Hall–Kier alpha value is -2.55. The zero-order valence-corrected chi connectivity index (χ0v) is 19.4. The van der Waals surface area contributed by atoms with Crippen molar-refractivity contribution in [3.63, 3.8) is 0 Å². The van der Waals surface area contributed by atoms with Gasteiger partial charge in [-0.2, -0.15) is 0 Å². The molecule has 0 spiro atoms. The standard InChI is InChI=1S/C22H19Cl2N3O4S/c1-11-17-14(6-3-7-15(17)28)26-19(11)20(29)25-8-9-27-21(30)16(32-22(27)31)10-12-4-2-5-13(23)18(12)24/h2,4-5,10,26H,3,6-9H2,1H3,(H,25,29)/b16-10+. The third-order valence-corrected chi connectivity index (χ3v) is 7.17. The van der Waals surface area contributed by atoms with E-state index in [0.29, 0.717) is 38.9 Å². The van der Waals surface area contributed by atoms with Gasteiger partial charge in [0.05, 0.1) is 15.0 Å². The Morgan fingerprint density at radius 2 is 2.03 bits per heavy atom. The molecule has 0 radical (unpaired) electrons. The summed E-state index contributed by atoms with van der Waals surface area (Å²) in [5, 5.41) is 2.95. The summed E-state index contributed by atoms with van der Waals surface area (Å²) in [6.45, 7) is 1.85. The maximum atomic E-state index is 12.7. The molecule has 1 aromatic carbocycles. The number of imide groups is 1. The minimum absolute atomic E-state index is 0.0232. The van der Waals surface area contributed by atoms with Gasteiger partial charge >= 0.3 is 0 Å². The number of H-pyrrole nitrogens is 1. The quantitative estimate of drug-likeness (QED) is 0.594. The van der Waals surface area contributed by atoms with Gasteiger partial charge in [-0.25, -0.2) is 0 Å². The van der Waals surface area contributed by atoms with Crippen molar-refractivity contribution in [1.29, 1.82) is 0 Å². The number of nitrogens with zero attached hydrogens (tertiary/aromatic N) is 1. The van der Waals surface area contributed by atoms with Gasteiger partial charge in [0.15, 0.2) is 5.78 Å². The molecule has 0 unspecified atom stereocenters. The number of hydrogen-bond donors (Lipinski definition) is 2. The van der Waals surface area contributed by atoms with E-state index in [9.17, 15) is 19.2 Å². The Morgan fingerprint density at radius 1 is 1.25 bits per heavy atom. The molecule has 2 aliphatic rings. The van der Waals surface area contributed by atoms with Crippen LogP contribution in [0.15, 0.2) is 23.1 Å². The summed E-state index contributed by atoms with van der Waals surface area (Å²) in [7, 11) is 0. The van der Waals surface area contributed by atoms with Gasteiger partial charge < -0.3 is 10.3 Å². The number of aryl methyl sites for hydroxylation is 1. The minimum Gasteiger partial charge on any atom is -0.354 e. The Morgan fingerprint density at radius 3 is 2.78 bits per heavy atom. The van der Waals surface area contributed by atoms with Crippen LogP contribution in [0.1, 0.15) is 50.5 Å². The van der Waals surface area contributed by atoms with Gasteiger partial charge in [-0.1, -0.05) is 35.3 Å². The molecule has 4 rings (SSSR count). The van der Waals surface area contributed by atoms with Crippen molar-refractivity contribution in [1.82, 2.24) is 15.2 Å². The number of carbonyl (C=O) groups excluding carboxylic acids is 4. The number of aromatic amines is 1. The van der Waals surface area contributed by atoms with E-state index >= 15 is 0 Å². The van der Waals surface area contributed by atoms with E-state index in [2.05, 4.69) is 10.3 Å². The molecular weight excluding hydrogens is 473 g/mol. The maximum absolute atomic E-state index is 12.7. The molecule has 1 fully saturated rings. The van der Waals surface area contributed by atoms with Crippen LogP contribution in [0.5, 0.6) is 0 Å². The molecule has 3 amide bonds. The third-order valence-electron chi connectivity index (χ3n) is 5.43. The van der Waals surface area contributed by atoms with Crippen molar-refractivity contribution >= 4 is 63.9 Å². The van der Waals surface area contributed by atoms with Crippen molar-refractivity contribution in [3.8, 4) is 0 Å². The summed E-state index contributed by atoms with van der Waals surface area (Å²) in [5.74, 6) is -0.788. The second-order valence-corrected chi connectivity index (χ2v) is 9.27. The number of fused-ring (bicyclic) bond motifs is 1. The summed E-state index contributed by atoms with van der Waals surface area (Å²) in [4.78, 5) is 54.1. The van der Waals surface area contributed by atoms with Crippen LogP contribution >= 0.6 is 35.0 Å². The first-order valence-corrected chi connectivity index (χ1v) is 11.6. The monoisotopic (exact) mass is 491 g/mol. The fraction of sp³-hybridized carbons (Fsp3) is 0.273. The maximum Gasteiger partial charge on any atom is 0.293 e. The average molecular weight is 492 g/mol. The molecule has 1 aliphatic heterocycles. The second kappa shape index (κ2) is 9.13. The van der Waals surface area contributed by atoms with Gasteiger partial charge in [0.1, 0.15) is 5.69 Å². The number of amides is 3. The highest BCUT2D eigenvalue weighted by molar-refractivity contribution is 8.18. The van der Waals surface area contributed by atoms with E-state index < -0.39 is 11.1 Å². The molecule has 0 saturated carbocycles. The van der Waals surface area contributed by atoms with Crippen molar-refractivity contribution in [2.45, 2.75) is 26.2 Å². The van der Waals surface area contributed by atoms with Gasteiger partial charge in [0.25, 0.3) is 17.1 Å². The molecule has 1 saturated heterocycles. The van der Waals surface area contributed by atoms with E-state index in [4.69, 9.17) is 23.2 Å². The topological polar surface area (TPSA) is 99.3 Å². The SMILES string of the molecule is Cc1c(C(=O)NCCN2C(=O)S/C(=C/c3cccc(Cl)c3Cl)C2=O)[nH]c2c1C(=O)CCC2. The molecule has 2 aromatic rings. The number of Topliss-reactive ketones (excluding diaryl/α,β-unsaturated/α-hetero) is 1. The summed E-state index contributed by atoms with van der Waals surface area (Å²) in [5.41, 5.74) is 2.92. The lowest BCUT2D eigenvalue weighted by atomic mass is 9.94. The van der Waals surface area contributed by atoms with Crippen LogP contribution in [0.3, 0.4) is 0 Å². The normalized spacial score (nSPS) is 17.3. The highest BCUT2D eigenvalue weighted by Crippen LogP contribution is 2.35. The van der Waals surface area contributed by atoms with E-state index in [-0.39, 0.29) is 29.7 Å². The number of carbonyl (C=O) groups is 4. The van der Waals surface area contributed by atoms with E-state index in [1.807, 2.05) is 0 Å². The molecular formula is C22H19Cl2N3O4S. The first-order valence-electron chi connectivity index (χ1n) is 10.00. The van der Waals surface area contributed by atoms with Crippen molar-refractivity contribution in [2.24, 2.45) is 0 Å². The van der Waals surface area contributed by atoms with Gasteiger partial charge in [-0.05, 0) is 54.8 Å². The van der Waals surface area contributed by atoms with Crippen LogP contribution in [-0.4, -0.2) is 45.8 Å². The van der Waals surface area contributed by atoms with Gasteiger partial charge in [-0.3, -0.25) is 24.1 Å². The minimum atomic E-state index is -0.456. The molecule has 0 bridgehead atoms. The molecule has 2 heterocycles. The molecule has 1 aliphatic carbocycles. The number of benzene rings is 1. The number of thioether (sulfide) groups is 1. The Kier molecular flexibility index (Phi) is 6.46. The lowest BCUT2D eigenvalue weighted by Crippen LogP contribution is -2.37. The van der Waals surface area contributed by atoms with Crippen LogP contribution in [0.4, 0.5) is 4.79 Å². The van der Waals surface area contributed by atoms with Crippen LogP contribution in [-0.2, 0) is 11.2 Å². The number of nitrogens with one attached hydrogen (secondary N) is 2. The van der Waals surface area contributed by atoms with Crippen molar-refractivity contribution < 1.29 is 19.2 Å². The predicted molar refractivity (Wildman–Crippen MR) is 124 cm³/mol. The van der Waals surface area contributed by atoms with Gasteiger partial charge in [0, 0.05) is 30.8 Å². The van der Waals surface area contributed by atoms with Crippen LogP contribution < -0.4 is 5.32 Å². The zero-order valence-electron chi connectivity index (χ0n) is 17.1. The first-order chi connectivity index (χ1) is 15.3. The summed E-state index contributed by atoms with van der Waals surface area (Å²) in [6, 6.07) is 5.03. The third kappa shape index (κ3) is 4.22. The highest BCUT2D eigenvalue weighted by Gasteiger charge is 2.35. The van der Waals surface area contributed by atoms with Gasteiger partial charge in [0.2, 0.25) is 0 Å². The summed E-state index contributed by atoms with van der Waals surface area (Å²) >= 11 is 13.0. The lowest BCUT2D eigenvalue weighted by Gasteiger charge is -2.13. The van der Waals surface area contributed by atoms with Crippen LogP contribution in [0.2, 0.25) is 10.0 Å². The number of halogens is 2. The van der Waals surface area contributed by atoms with Crippen LogP contribution in [0.25, 0.3) is 6.08 Å². The predicted octanol–water partition coefficient (Wildman–Crippen LogP) is 4.62. The lowest BCUT2D eigenvalue weighted by molar-refractivity contribution is -0.122. The number of ketones is 1. The molecule has 2 N–H and O–H groups in total. The number of rotatable bonds is 5. The Bertz CT molecular complexity index is 1190. The second-order valence-electron chi connectivity index (χ2n) is 7.49. The molecule has 1 aromatic heterocycles. The van der Waals surface area contributed by atoms with E-state index in [1.54, 1.807) is 25.1 Å². The number of hydrogen-bond acceptors (Lipinski definition) is 5. The van der Waals surface area contributed by atoms with E-state index in [1.165, 1.54) is 6.08 Å². The smallest absolute Gasteiger partial charge is 0.293 e. The summed E-state index contributed by atoms with van der Waals surface area (Å²) in [6.07, 6.45) is 3.51. The molecule has 166 valence electrons.